The van der Waals surface area contributed by atoms with E-state index in [1.165, 1.54) is 0 Å². The second kappa shape index (κ2) is 5.19. The number of fused-ring (bicyclic) bond motifs is 1. The normalized spacial score (nSPS) is 10.8. The summed E-state index contributed by atoms with van der Waals surface area (Å²) >= 11 is 1.61. The summed E-state index contributed by atoms with van der Waals surface area (Å²) in [5.41, 5.74) is 2.53. The van der Waals surface area contributed by atoms with E-state index in [0.717, 1.165) is 28.3 Å². The maximum absolute atomic E-state index is 4.45. The van der Waals surface area contributed by atoms with Gasteiger partial charge in [0.1, 0.15) is 5.82 Å². The molecule has 0 spiro atoms. The molecule has 0 radical (unpaired) electrons. The Kier molecular flexibility index (Phi) is 3.23. The van der Waals surface area contributed by atoms with E-state index in [1.54, 1.807) is 17.5 Å². The van der Waals surface area contributed by atoms with Crippen LogP contribution >= 0.6 is 11.3 Å². The Bertz CT molecular complexity index is 661. The minimum absolute atomic E-state index is 0.589. The Morgan fingerprint density at radius 1 is 1.26 bits per heavy atom. The molecule has 0 bridgehead atoms. The van der Waals surface area contributed by atoms with Gasteiger partial charge in [-0.25, -0.2) is 0 Å². The van der Waals surface area contributed by atoms with Crippen molar-refractivity contribution in [2.45, 2.75) is 13.5 Å². The molecule has 0 fully saturated rings. The number of hydrogen-bond acceptors (Lipinski definition) is 7. The van der Waals surface area contributed by atoms with Crippen molar-refractivity contribution < 1.29 is 0 Å². The van der Waals surface area contributed by atoms with Crippen LogP contribution in [0.25, 0.3) is 11.0 Å². The van der Waals surface area contributed by atoms with Gasteiger partial charge in [-0.3, -0.25) is 10.1 Å². The van der Waals surface area contributed by atoms with Crippen LogP contribution in [0, 0.1) is 0 Å². The minimum atomic E-state index is 0.589. The van der Waals surface area contributed by atoms with Crippen molar-refractivity contribution in [1.82, 2.24) is 25.1 Å². The maximum Gasteiger partial charge on any atom is 0.226 e. The molecule has 98 valence electrons. The molecule has 0 aromatic carbocycles. The van der Waals surface area contributed by atoms with Crippen LogP contribution < -0.4 is 10.6 Å². The summed E-state index contributed by atoms with van der Waals surface area (Å²) in [5, 5.41) is 14.1. The molecule has 19 heavy (non-hydrogen) atoms. The lowest BCUT2D eigenvalue weighted by Gasteiger charge is -2.07. The van der Waals surface area contributed by atoms with E-state index in [0.29, 0.717) is 12.5 Å². The third-order valence-corrected chi connectivity index (χ3v) is 3.34. The number of thiazole rings is 1. The predicted molar refractivity (Wildman–Crippen MR) is 75.3 cm³/mol. The number of H-pyrrole nitrogens is 1. The molecule has 8 heteroatoms. The van der Waals surface area contributed by atoms with Crippen LogP contribution in [0.4, 0.5) is 11.8 Å². The van der Waals surface area contributed by atoms with Crippen molar-refractivity contribution in [1.29, 1.82) is 0 Å². The Hall–Kier alpha value is -2.22. The highest BCUT2D eigenvalue weighted by Gasteiger charge is 2.09. The predicted octanol–water partition coefficient (Wildman–Crippen LogP) is 1.85. The molecule has 7 nitrogen and oxygen atoms in total. The van der Waals surface area contributed by atoms with Gasteiger partial charge in [-0.05, 0) is 6.92 Å². The molecular formula is C11H13N7S. The van der Waals surface area contributed by atoms with Crippen LogP contribution in [-0.4, -0.2) is 31.7 Å². The zero-order valence-electron chi connectivity index (χ0n) is 10.3. The number of anilines is 2. The maximum atomic E-state index is 4.45. The largest absolute Gasteiger partial charge is 0.364 e. The number of nitrogens with zero attached hydrogens (tertiary/aromatic N) is 4. The van der Waals surface area contributed by atoms with Gasteiger partial charge in [0.2, 0.25) is 5.95 Å². The molecule has 0 aliphatic carbocycles. The van der Waals surface area contributed by atoms with E-state index in [9.17, 15) is 0 Å². The second-order valence-electron chi connectivity index (χ2n) is 3.88. The number of hydrogen-bond donors (Lipinski definition) is 3. The van der Waals surface area contributed by atoms with Crippen molar-refractivity contribution in [3.63, 3.8) is 0 Å². The standard InChI is InChI=1S/C11H13N7S/c1-2-13-11-16-9(8-5-15-18-10(8)17-11)14-4-7-3-12-6-19-7/h3,5-6H,2,4H2,1H3,(H3,13,14,15,16,17,18). The molecule has 0 unspecified atom stereocenters. The molecule has 3 heterocycles. The van der Waals surface area contributed by atoms with Gasteiger partial charge in [0, 0.05) is 17.6 Å². The average Bonchev–Trinajstić information content (AvgIpc) is 3.07. The summed E-state index contributed by atoms with van der Waals surface area (Å²) in [4.78, 5) is 14.0. The van der Waals surface area contributed by atoms with E-state index in [-0.39, 0.29) is 0 Å². The molecule has 3 N–H and O–H groups in total. The summed E-state index contributed by atoms with van der Waals surface area (Å²) in [6, 6.07) is 0. The SMILES string of the molecule is CCNc1nc(NCc2cncs2)c2cn[nH]c2n1. The highest BCUT2D eigenvalue weighted by atomic mass is 32.1. The lowest BCUT2D eigenvalue weighted by Crippen LogP contribution is -2.06. The quantitative estimate of drug-likeness (QED) is 0.658. The van der Waals surface area contributed by atoms with Gasteiger partial charge in [0.15, 0.2) is 5.65 Å². The number of rotatable bonds is 5. The fourth-order valence-corrected chi connectivity index (χ4v) is 2.24. The van der Waals surface area contributed by atoms with Gasteiger partial charge in [0.25, 0.3) is 0 Å². The first-order valence-electron chi connectivity index (χ1n) is 5.93. The summed E-state index contributed by atoms with van der Waals surface area (Å²) in [7, 11) is 0. The van der Waals surface area contributed by atoms with Crippen LogP contribution in [-0.2, 0) is 6.54 Å². The summed E-state index contributed by atoms with van der Waals surface area (Å²) < 4.78 is 0. The van der Waals surface area contributed by atoms with E-state index in [1.807, 2.05) is 18.6 Å². The van der Waals surface area contributed by atoms with Gasteiger partial charge >= 0.3 is 0 Å². The van der Waals surface area contributed by atoms with Crippen molar-refractivity contribution in [2.24, 2.45) is 0 Å². The first-order chi connectivity index (χ1) is 9.36. The molecule has 0 aliphatic rings. The van der Waals surface area contributed by atoms with Crippen LogP contribution in [0.2, 0.25) is 0 Å². The molecule has 0 saturated heterocycles. The van der Waals surface area contributed by atoms with Crippen molar-refractivity contribution in [2.75, 3.05) is 17.2 Å². The summed E-state index contributed by atoms with van der Waals surface area (Å²) in [6.07, 6.45) is 3.57. The second-order valence-corrected chi connectivity index (χ2v) is 4.85. The van der Waals surface area contributed by atoms with E-state index in [2.05, 4.69) is 35.8 Å². The number of nitrogens with one attached hydrogen (secondary N) is 3. The van der Waals surface area contributed by atoms with Crippen LogP contribution in [0.5, 0.6) is 0 Å². The molecule has 0 amide bonds. The van der Waals surface area contributed by atoms with Gasteiger partial charge in [-0.2, -0.15) is 15.1 Å². The van der Waals surface area contributed by atoms with Crippen molar-refractivity contribution in [3.05, 3.63) is 22.8 Å². The Morgan fingerprint density at radius 2 is 2.21 bits per heavy atom. The first-order valence-corrected chi connectivity index (χ1v) is 6.81. The van der Waals surface area contributed by atoms with Crippen LogP contribution in [0.15, 0.2) is 17.9 Å². The highest BCUT2D eigenvalue weighted by Crippen LogP contribution is 2.20. The molecule has 0 aliphatic heterocycles. The highest BCUT2D eigenvalue weighted by molar-refractivity contribution is 7.09. The zero-order chi connectivity index (χ0) is 13.1. The number of aromatic nitrogens is 5. The molecule has 3 aromatic rings. The Morgan fingerprint density at radius 3 is 3.00 bits per heavy atom. The molecule has 3 aromatic heterocycles. The van der Waals surface area contributed by atoms with Crippen molar-refractivity contribution >= 4 is 34.1 Å². The zero-order valence-corrected chi connectivity index (χ0v) is 11.2. The molecule has 0 saturated carbocycles. The van der Waals surface area contributed by atoms with E-state index < -0.39 is 0 Å². The smallest absolute Gasteiger partial charge is 0.226 e. The van der Waals surface area contributed by atoms with Crippen LogP contribution in [0.1, 0.15) is 11.8 Å². The van der Waals surface area contributed by atoms with Gasteiger partial charge in [-0.1, -0.05) is 0 Å². The third-order valence-electron chi connectivity index (χ3n) is 2.56. The average molecular weight is 275 g/mol. The van der Waals surface area contributed by atoms with Crippen LogP contribution in [0.3, 0.4) is 0 Å². The molecule has 0 atom stereocenters. The minimum Gasteiger partial charge on any atom is -0.364 e. The summed E-state index contributed by atoms with van der Waals surface area (Å²) in [5.74, 6) is 1.36. The van der Waals surface area contributed by atoms with E-state index >= 15 is 0 Å². The Labute approximate surface area is 113 Å². The fourth-order valence-electron chi connectivity index (χ4n) is 1.71. The molecular weight excluding hydrogens is 262 g/mol. The lowest BCUT2D eigenvalue weighted by molar-refractivity contribution is 1.06. The van der Waals surface area contributed by atoms with Gasteiger partial charge in [-0.15, -0.1) is 11.3 Å². The Balaban J connectivity index is 1.89. The van der Waals surface area contributed by atoms with Crippen molar-refractivity contribution in [3.8, 4) is 0 Å². The fraction of sp³-hybridized carbons (Fsp3) is 0.273. The van der Waals surface area contributed by atoms with Gasteiger partial charge < -0.3 is 10.6 Å². The molecule has 3 rings (SSSR count). The number of aromatic amines is 1. The summed E-state index contributed by atoms with van der Waals surface area (Å²) in [6.45, 7) is 3.46. The lowest BCUT2D eigenvalue weighted by atomic mass is 10.4. The van der Waals surface area contributed by atoms with E-state index in [4.69, 9.17) is 0 Å². The first kappa shape index (κ1) is 11.8. The monoisotopic (exact) mass is 275 g/mol. The third kappa shape index (κ3) is 2.48. The topological polar surface area (TPSA) is 91.4 Å². The van der Waals surface area contributed by atoms with Gasteiger partial charge in [0.05, 0.1) is 23.6 Å².